The summed E-state index contributed by atoms with van der Waals surface area (Å²) in [5, 5.41) is 0. The molecule has 3 unspecified atom stereocenters. The van der Waals surface area contributed by atoms with Gasteiger partial charge in [0.1, 0.15) is 0 Å². The molecule has 1 fully saturated rings. The number of rotatable bonds is 4. The molecular formula is C11H24N2O. The molecule has 3 heteroatoms. The normalized spacial score (nSPS) is 31.7. The molecule has 1 aliphatic heterocycles. The van der Waals surface area contributed by atoms with E-state index in [2.05, 4.69) is 18.7 Å². The largest absolute Gasteiger partial charge is 0.380 e. The van der Waals surface area contributed by atoms with Crippen molar-refractivity contribution in [2.24, 2.45) is 11.7 Å². The Morgan fingerprint density at radius 1 is 1.57 bits per heavy atom. The minimum absolute atomic E-state index is 0.314. The highest BCUT2D eigenvalue weighted by atomic mass is 16.5. The number of methoxy groups -OCH3 is 1. The van der Waals surface area contributed by atoms with Crippen LogP contribution in [0.5, 0.6) is 0 Å². The lowest BCUT2D eigenvalue weighted by molar-refractivity contribution is 0.0319. The summed E-state index contributed by atoms with van der Waals surface area (Å²) in [6, 6.07) is 0.557. The minimum Gasteiger partial charge on any atom is -0.380 e. The van der Waals surface area contributed by atoms with E-state index in [9.17, 15) is 0 Å². The molecule has 0 aromatic carbocycles. The van der Waals surface area contributed by atoms with Gasteiger partial charge in [-0.25, -0.2) is 0 Å². The van der Waals surface area contributed by atoms with Crippen molar-refractivity contribution >= 4 is 0 Å². The molecule has 0 radical (unpaired) electrons. The van der Waals surface area contributed by atoms with Gasteiger partial charge >= 0.3 is 0 Å². The van der Waals surface area contributed by atoms with E-state index in [1.807, 2.05) is 0 Å². The first-order valence-corrected chi connectivity index (χ1v) is 5.66. The number of ether oxygens (including phenoxy) is 1. The van der Waals surface area contributed by atoms with Crippen LogP contribution in [0.15, 0.2) is 0 Å². The highest BCUT2D eigenvalue weighted by molar-refractivity contribution is 4.83. The lowest BCUT2D eigenvalue weighted by Gasteiger charge is -2.40. The lowest BCUT2D eigenvalue weighted by atomic mass is 9.90. The van der Waals surface area contributed by atoms with E-state index in [0.717, 1.165) is 19.0 Å². The van der Waals surface area contributed by atoms with Crippen LogP contribution in [0.25, 0.3) is 0 Å². The number of likely N-dealkylation sites (tertiary alicyclic amines) is 1. The van der Waals surface area contributed by atoms with Crippen LogP contribution in [-0.2, 0) is 4.74 Å². The van der Waals surface area contributed by atoms with Gasteiger partial charge in [-0.2, -0.15) is 0 Å². The number of nitrogens with zero attached hydrogens (tertiary/aromatic N) is 1. The second-order valence-electron chi connectivity index (χ2n) is 4.46. The Kier molecular flexibility index (Phi) is 4.85. The molecule has 1 heterocycles. The van der Waals surface area contributed by atoms with Crippen molar-refractivity contribution in [1.82, 2.24) is 4.90 Å². The second kappa shape index (κ2) is 5.69. The van der Waals surface area contributed by atoms with Gasteiger partial charge in [-0.15, -0.1) is 0 Å². The van der Waals surface area contributed by atoms with Crippen LogP contribution >= 0.6 is 0 Å². The summed E-state index contributed by atoms with van der Waals surface area (Å²) in [6.45, 7) is 7.40. The summed E-state index contributed by atoms with van der Waals surface area (Å²) >= 11 is 0. The molecular weight excluding hydrogens is 176 g/mol. The molecule has 2 N–H and O–H groups in total. The maximum atomic E-state index is 5.82. The van der Waals surface area contributed by atoms with E-state index in [1.54, 1.807) is 7.11 Å². The first-order valence-electron chi connectivity index (χ1n) is 5.66. The summed E-state index contributed by atoms with van der Waals surface area (Å²) in [4.78, 5) is 2.49. The Morgan fingerprint density at radius 3 is 2.86 bits per heavy atom. The van der Waals surface area contributed by atoms with Crippen LogP contribution in [0, 0.1) is 5.92 Å². The average Bonchev–Trinajstić information content (AvgIpc) is 2.18. The second-order valence-corrected chi connectivity index (χ2v) is 4.46. The van der Waals surface area contributed by atoms with Crippen LogP contribution in [0.1, 0.15) is 26.7 Å². The topological polar surface area (TPSA) is 38.5 Å². The van der Waals surface area contributed by atoms with E-state index >= 15 is 0 Å². The quantitative estimate of drug-likeness (QED) is 0.738. The van der Waals surface area contributed by atoms with Gasteiger partial charge in [0, 0.05) is 26.2 Å². The lowest BCUT2D eigenvalue weighted by Crippen LogP contribution is -2.50. The maximum absolute atomic E-state index is 5.82. The molecule has 0 spiro atoms. The van der Waals surface area contributed by atoms with Gasteiger partial charge in [-0.3, -0.25) is 4.90 Å². The Bertz CT molecular complexity index is 163. The van der Waals surface area contributed by atoms with Crippen LogP contribution in [-0.4, -0.2) is 43.8 Å². The summed E-state index contributed by atoms with van der Waals surface area (Å²) < 4.78 is 5.30. The molecule has 1 saturated heterocycles. The van der Waals surface area contributed by atoms with Crippen molar-refractivity contribution < 1.29 is 4.74 Å². The van der Waals surface area contributed by atoms with Crippen molar-refractivity contribution in [2.45, 2.75) is 38.8 Å². The van der Waals surface area contributed by atoms with Crippen molar-refractivity contribution in [3.63, 3.8) is 0 Å². The maximum Gasteiger partial charge on any atom is 0.0670 e. The molecule has 0 bridgehead atoms. The molecule has 1 aliphatic rings. The summed E-state index contributed by atoms with van der Waals surface area (Å²) in [6.07, 6.45) is 2.93. The van der Waals surface area contributed by atoms with Crippen molar-refractivity contribution in [3.8, 4) is 0 Å². The van der Waals surface area contributed by atoms with Gasteiger partial charge < -0.3 is 10.5 Å². The first-order chi connectivity index (χ1) is 6.69. The standard InChI is InChI=1S/C11H24N2O/c1-9-5-4-6-13(11(9)7-12)8-10(2)14-3/h9-11H,4-8,12H2,1-3H3. The number of nitrogens with two attached hydrogens (primary N) is 1. The third-order valence-corrected chi connectivity index (χ3v) is 3.37. The number of piperidine rings is 1. The molecule has 3 atom stereocenters. The summed E-state index contributed by atoms with van der Waals surface area (Å²) in [5.41, 5.74) is 5.82. The van der Waals surface area contributed by atoms with Crippen LogP contribution < -0.4 is 5.73 Å². The fraction of sp³-hybridized carbons (Fsp3) is 1.00. The average molecular weight is 200 g/mol. The van der Waals surface area contributed by atoms with Gasteiger partial charge in [0.25, 0.3) is 0 Å². The Morgan fingerprint density at radius 2 is 2.29 bits per heavy atom. The van der Waals surface area contributed by atoms with Gasteiger partial charge in [-0.05, 0) is 32.2 Å². The predicted molar refractivity (Wildman–Crippen MR) is 59.3 cm³/mol. The molecule has 14 heavy (non-hydrogen) atoms. The molecule has 0 saturated carbocycles. The zero-order chi connectivity index (χ0) is 10.6. The molecule has 0 amide bonds. The zero-order valence-electron chi connectivity index (χ0n) is 9.70. The number of hydrogen-bond acceptors (Lipinski definition) is 3. The Hall–Kier alpha value is -0.120. The van der Waals surface area contributed by atoms with E-state index in [1.165, 1.54) is 19.4 Å². The van der Waals surface area contributed by atoms with Crippen LogP contribution in [0.4, 0.5) is 0 Å². The third kappa shape index (κ3) is 2.94. The first kappa shape index (κ1) is 12.0. The van der Waals surface area contributed by atoms with Gasteiger partial charge in [-0.1, -0.05) is 6.92 Å². The van der Waals surface area contributed by atoms with E-state index in [0.29, 0.717) is 12.1 Å². The van der Waals surface area contributed by atoms with E-state index < -0.39 is 0 Å². The monoisotopic (exact) mass is 200 g/mol. The summed E-state index contributed by atoms with van der Waals surface area (Å²) in [7, 11) is 1.77. The minimum atomic E-state index is 0.314. The molecule has 0 aromatic heterocycles. The van der Waals surface area contributed by atoms with Crippen molar-refractivity contribution in [1.29, 1.82) is 0 Å². The Balaban J connectivity index is 2.47. The zero-order valence-corrected chi connectivity index (χ0v) is 9.70. The number of hydrogen-bond donors (Lipinski definition) is 1. The van der Waals surface area contributed by atoms with E-state index in [4.69, 9.17) is 10.5 Å². The summed E-state index contributed by atoms with van der Waals surface area (Å²) in [5.74, 6) is 0.734. The van der Waals surface area contributed by atoms with Gasteiger partial charge in [0.05, 0.1) is 6.10 Å². The smallest absolute Gasteiger partial charge is 0.0670 e. The van der Waals surface area contributed by atoms with Crippen molar-refractivity contribution in [2.75, 3.05) is 26.7 Å². The molecule has 84 valence electrons. The molecule has 1 rings (SSSR count). The van der Waals surface area contributed by atoms with E-state index in [-0.39, 0.29) is 0 Å². The third-order valence-electron chi connectivity index (χ3n) is 3.37. The van der Waals surface area contributed by atoms with Crippen LogP contribution in [0.3, 0.4) is 0 Å². The van der Waals surface area contributed by atoms with Gasteiger partial charge in [0.15, 0.2) is 0 Å². The highest BCUT2D eigenvalue weighted by Gasteiger charge is 2.27. The SMILES string of the molecule is COC(C)CN1CCCC(C)C1CN. The molecule has 3 nitrogen and oxygen atoms in total. The predicted octanol–water partition coefficient (Wildman–Crippen LogP) is 1.08. The fourth-order valence-electron chi connectivity index (χ4n) is 2.35. The fourth-order valence-corrected chi connectivity index (χ4v) is 2.35. The van der Waals surface area contributed by atoms with Crippen molar-refractivity contribution in [3.05, 3.63) is 0 Å². The highest BCUT2D eigenvalue weighted by Crippen LogP contribution is 2.22. The molecule has 0 aliphatic carbocycles. The molecule has 0 aromatic rings. The van der Waals surface area contributed by atoms with Gasteiger partial charge in [0.2, 0.25) is 0 Å². The Labute approximate surface area is 87.6 Å². The van der Waals surface area contributed by atoms with Crippen LogP contribution in [0.2, 0.25) is 0 Å².